The van der Waals surface area contributed by atoms with E-state index < -0.39 is 17.7 Å². The molecule has 1 N–H and O–H groups in total. The van der Waals surface area contributed by atoms with E-state index in [1.165, 1.54) is 12.1 Å². The Kier molecular flexibility index (Phi) is 3.07. The van der Waals surface area contributed by atoms with Crippen molar-refractivity contribution in [2.45, 2.75) is 19.4 Å². The van der Waals surface area contributed by atoms with Gasteiger partial charge < -0.3 is 5.32 Å². The molecule has 2 aromatic rings. The molecule has 0 bridgehead atoms. The van der Waals surface area contributed by atoms with Crippen LogP contribution in [-0.2, 0) is 6.42 Å². The highest BCUT2D eigenvalue weighted by atomic mass is 19.1. The molecule has 1 nitrogen and oxygen atoms in total. The van der Waals surface area contributed by atoms with Gasteiger partial charge in [-0.15, -0.1) is 0 Å². The van der Waals surface area contributed by atoms with Crippen LogP contribution in [-0.4, -0.2) is 6.54 Å². The minimum atomic E-state index is -0.489. The molecule has 0 fully saturated rings. The highest BCUT2D eigenvalue weighted by molar-refractivity contribution is 5.41. The van der Waals surface area contributed by atoms with Crippen molar-refractivity contribution in [3.63, 3.8) is 0 Å². The monoisotopic (exact) mass is 259 g/mol. The quantitative estimate of drug-likeness (QED) is 0.826. The lowest BCUT2D eigenvalue weighted by atomic mass is 9.89. The first-order valence-corrected chi connectivity index (χ1v) is 6.44. The Balaban J connectivity index is 2.17. The van der Waals surface area contributed by atoms with E-state index in [1.807, 2.05) is 24.3 Å². The van der Waals surface area contributed by atoms with Crippen LogP contribution in [0.2, 0.25) is 0 Å². The summed E-state index contributed by atoms with van der Waals surface area (Å²) >= 11 is 0. The van der Waals surface area contributed by atoms with Crippen molar-refractivity contribution in [3.05, 3.63) is 70.3 Å². The predicted molar refractivity (Wildman–Crippen MR) is 71.1 cm³/mol. The fourth-order valence-corrected chi connectivity index (χ4v) is 2.71. The van der Waals surface area contributed by atoms with E-state index in [-0.39, 0.29) is 5.56 Å². The lowest BCUT2D eigenvalue weighted by molar-refractivity contribution is 0.487. The van der Waals surface area contributed by atoms with Crippen LogP contribution < -0.4 is 5.32 Å². The van der Waals surface area contributed by atoms with E-state index in [9.17, 15) is 8.78 Å². The van der Waals surface area contributed by atoms with Gasteiger partial charge in [0, 0.05) is 12.1 Å². The molecule has 1 aliphatic rings. The molecule has 0 radical (unpaired) electrons. The van der Waals surface area contributed by atoms with Gasteiger partial charge in [-0.3, -0.25) is 0 Å². The molecule has 0 saturated heterocycles. The van der Waals surface area contributed by atoms with E-state index in [1.54, 1.807) is 6.92 Å². The number of halogens is 2. The van der Waals surface area contributed by atoms with E-state index in [2.05, 4.69) is 5.32 Å². The van der Waals surface area contributed by atoms with Crippen molar-refractivity contribution in [1.29, 1.82) is 0 Å². The van der Waals surface area contributed by atoms with Gasteiger partial charge in [0.1, 0.15) is 11.6 Å². The van der Waals surface area contributed by atoms with Crippen LogP contribution in [0.4, 0.5) is 8.78 Å². The van der Waals surface area contributed by atoms with Crippen molar-refractivity contribution >= 4 is 0 Å². The molecule has 0 aromatic heterocycles. The lowest BCUT2D eigenvalue weighted by Crippen LogP contribution is -2.32. The van der Waals surface area contributed by atoms with Crippen LogP contribution in [0.5, 0.6) is 0 Å². The van der Waals surface area contributed by atoms with Gasteiger partial charge in [0.25, 0.3) is 0 Å². The molecule has 1 atom stereocenters. The van der Waals surface area contributed by atoms with Crippen LogP contribution >= 0.6 is 0 Å². The number of hydrogen-bond acceptors (Lipinski definition) is 1. The number of nitrogens with one attached hydrogen (secondary N) is 1. The van der Waals surface area contributed by atoms with Gasteiger partial charge in [-0.25, -0.2) is 8.78 Å². The van der Waals surface area contributed by atoms with Gasteiger partial charge in [-0.1, -0.05) is 30.3 Å². The first-order chi connectivity index (χ1) is 9.18. The second kappa shape index (κ2) is 4.74. The predicted octanol–water partition coefficient (Wildman–Crippen LogP) is 3.51. The van der Waals surface area contributed by atoms with E-state index in [0.717, 1.165) is 24.1 Å². The molecule has 1 unspecified atom stereocenters. The molecule has 1 heterocycles. The second-order valence-electron chi connectivity index (χ2n) is 4.93. The van der Waals surface area contributed by atoms with Gasteiger partial charge in [-0.05, 0) is 36.1 Å². The topological polar surface area (TPSA) is 12.0 Å². The molecular formula is C16H15F2N. The van der Waals surface area contributed by atoms with Gasteiger partial charge >= 0.3 is 0 Å². The Labute approximate surface area is 111 Å². The average molecular weight is 259 g/mol. The fraction of sp³-hybridized carbons (Fsp3) is 0.250. The largest absolute Gasteiger partial charge is 0.306 e. The highest BCUT2D eigenvalue weighted by Crippen LogP contribution is 2.32. The van der Waals surface area contributed by atoms with E-state index in [0.29, 0.717) is 5.56 Å². The van der Waals surface area contributed by atoms with Crippen LogP contribution in [0.3, 0.4) is 0 Å². The Bertz CT molecular complexity index is 622. The summed E-state index contributed by atoms with van der Waals surface area (Å²) in [6, 6.07) is 10.2. The van der Waals surface area contributed by atoms with Crippen LogP contribution in [0.25, 0.3) is 0 Å². The zero-order chi connectivity index (χ0) is 13.4. The van der Waals surface area contributed by atoms with Crippen molar-refractivity contribution in [2.24, 2.45) is 0 Å². The van der Waals surface area contributed by atoms with Gasteiger partial charge in [-0.2, -0.15) is 0 Å². The van der Waals surface area contributed by atoms with Crippen LogP contribution in [0.15, 0.2) is 36.4 Å². The minimum absolute atomic E-state index is 0.132. The summed E-state index contributed by atoms with van der Waals surface area (Å²) in [5.74, 6) is -0.938. The number of benzene rings is 2. The third-order valence-electron chi connectivity index (χ3n) is 3.72. The third-order valence-corrected chi connectivity index (χ3v) is 3.72. The summed E-state index contributed by atoms with van der Waals surface area (Å²) in [4.78, 5) is 0. The summed E-state index contributed by atoms with van der Waals surface area (Å²) in [5, 5.41) is 3.22. The first-order valence-electron chi connectivity index (χ1n) is 6.44. The fourth-order valence-electron chi connectivity index (χ4n) is 2.71. The van der Waals surface area contributed by atoms with Crippen molar-refractivity contribution < 1.29 is 8.78 Å². The zero-order valence-corrected chi connectivity index (χ0v) is 10.7. The SMILES string of the molecule is Cc1ccc(F)c(C2NCCc3ccccc32)c1F. The molecule has 0 amide bonds. The minimum Gasteiger partial charge on any atom is -0.306 e. The molecule has 0 spiro atoms. The molecule has 3 heteroatoms. The third kappa shape index (κ3) is 2.04. The summed E-state index contributed by atoms with van der Waals surface area (Å²) < 4.78 is 28.3. The van der Waals surface area contributed by atoms with Crippen molar-refractivity contribution in [2.75, 3.05) is 6.54 Å². The number of aryl methyl sites for hydroxylation is 1. The van der Waals surface area contributed by atoms with Crippen molar-refractivity contribution in [1.82, 2.24) is 5.32 Å². The Morgan fingerprint density at radius 3 is 2.74 bits per heavy atom. The molecule has 0 aliphatic carbocycles. The molecule has 1 aliphatic heterocycles. The Morgan fingerprint density at radius 1 is 1.11 bits per heavy atom. The standard InChI is InChI=1S/C16H15F2N/c1-10-6-7-13(17)14(15(10)18)16-12-5-3-2-4-11(12)8-9-19-16/h2-7,16,19H,8-9H2,1H3. The first kappa shape index (κ1) is 12.3. The molecule has 3 rings (SSSR count). The van der Waals surface area contributed by atoms with E-state index in [4.69, 9.17) is 0 Å². The van der Waals surface area contributed by atoms with Gasteiger partial charge in [0.05, 0.1) is 6.04 Å². The zero-order valence-electron chi connectivity index (χ0n) is 10.7. The molecule has 98 valence electrons. The second-order valence-corrected chi connectivity index (χ2v) is 4.93. The average Bonchev–Trinajstić information content (AvgIpc) is 2.44. The maximum Gasteiger partial charge on any atom is 0.134 e. The van der Waals surface area contributed by atoms with E-state index >= 15 is 0 Å². The number of hydrogen-bond donors (Lipinski definition) is 1. The van der Waals surface area contributed by atoms with Crippen LogP contribution in [0, 0.1) is 18.6 Å². The summed E-state index contributed by atoms with van der Waals surface area (Å²) in [5.41, 5.74) is 2.73. The molecule has 0 saturated carbocycles. The lowest BCUT2D eigenvalue weighted by Gasteiger charge is -2.28. The molecule has 2 aromatic carbocycles. The smallest absolute Gasteiger partial charge is 0.134 e. The van der Waals surface area contributed by atoms with Gasteiger partial charge in [0.15, 0.2) is 0 Å². The maximum atomic E-state index is 14.3. The number of rotatable bonds is 1. The maximum absolute atomic E-state index is 14.3. The summed E-state index contributed by atoms with van der Waals surface area (Å²) in [6.07, 6.45) is 0.891. The Morgan fingerprint density at radius 2 is 1.89 bits per heavy atom. The summed E-state index contributed by atoms with van der Waals surface area (Å²) in [6.45, 7) is 2.39. The summed E-state index contributed by atoms with van der Waals surface area (Å²) in [7, 11) is 0. The normalized spacial score (nSPS) is 18.2. The van der Waals surface area contributed by atoms with Gasteiger partial charge in [0.2, 0.25) is 0 Å². The molecule has 19 heavy (non-hydrogen) atoms. The Hall–Kier alpha value is -1.74. The molecular weight excluding hydrogens is 244 g/mol. The van der Waals surface area contributed by atoms with Crippen LogP contribution in [0.1, 0.15) is 28.3 Å². The van der Waals surface area contributed by atoms with Crippen molar-refractivity contribution in [3.8, 4) is 0 Å². The number of fused-ring (bicyclic) bond motifs is 1. The highest BCUT2D eigenvalue weighted by Gasteiger charge is 2.26.